The third kappa shape index (κ3) is 9.42. The zero-order valence-corrected chi connectivity index (χ0v) is 24.8. The summed E-state index contributed by atoms with van der Waals surface area (Å²) in [7, 11) is 0. The van der Waals surface area contributed by atoms with Crippen LogP contribution in [0.3, 0.4) is 0 Å². The van der Waals surface area contributed by atoms with Crippen molar-refractivity contribution in [3.8, 4) is 0 Å². The zero-order chi connectivity index (χ0) is 27.3. The number of rotatable bonds is 8. The van der Waals surface area contributed by atoms with Crippen LogP contribution >= 0.6 is 0 Å². The normalized spacial score (nSPS) is 37.1. The number of aliphatic hydroxyl groups excluding tert-OH is 2. The Morgan fingerprint density at radius 2 is 1.81 bits per heavy atom. The van der Waals surface area contributed by atoms with Crippen molar-refractivity contribution >= 4 is 0 Å². The van der Waals surface area contributed by atoms with Crippen LogP contribution < -0.4 is 0 Å². The molecule has 2 aliphatic heterocycles. The summed E-state index contributed by atoms with van der Waals surface area (Å²) in [5, 5.41) is 21.5. The maximum Gasteiger partial charge on any atom is 0.155 e. The molecule has 9 atom stereocenters. The minimum Gasteiger partial charge on any atom is -0.388 e. The molecule has 1 saturated heterocycles. The molecule has 2 N–H and O–H groups in total. The predicted molar refractivity (Wildman–Crippen MR) is 151 cm³/mol. The zero-order valence-electron chi connectivity index (χ0n) is 24.8. The van der Waals surface area contributed by atoms with Crippen molar-refractivity contribution < 1.29 is 19.7 Å². The average Bonchev–Trinajstić information content (AvgIpc) is 3.55. The molecule has 2 rings (SSSR count). The van der Waals surface area contributed by atoms with Crippen LogP contribution in [0.4, 0.5) is 0 Å². The lowest BCUT2D eigenvalue weighted by atomic mass is 9.79. The van der Waals surface area contributed by atoms with E-state index < -0.39 is 12.4 Å². The Kier molecular flexibility index (Phi) is 11.5. The number of ether oxygens (including phenoxy) is 2. The quantitative estimate of drug-likeness (QED) is 0.205. The third-order valence-electron chi connectivity index (χ3n) is 8.83. The first kappa shape index (κ1) is 31.3. The Labute approximate surface area is 222 Å². The summed E-state index contributed by atoms with van der Waals surface area (Å²) in [6.07, 6.45) is 14.4. The molecule has 2 aliphatic rings. The number of aliphatic hydroxyl groups is 2. The molecule has 0 aromatic carbocycles. The lowest BCUT2D eigenvalue weighted by Crippen LogP contribution is -2.32. The molecular formula is C32H56O4. The molecule has 2 heterocycles. The van der Waals surface area contributed by atoms with Gasteiger partial charge in [-0.2, -0.15) is 0 Å². The fraction of sp³-hybridized carbons (Fsp3) is 0.812. The van der Waals surface area contributed by atoms with Gasteiger partial charge in [0.05, 0.1) is 24.4 Å². The third-order valence-corrected chi connectivity index (χ3v) is 8.83. The van der Waals surface area contributed by atoms with E-state index in [-0.39, 0.29) is 22.9 Å². The predicted octanol–water partition coefficient (Wildman–Crippen LogP) is 7.46. The molecule has 0 spiro atoms. The molecule has 1 fully saturated rings. The first-order chi connectivity index (χ1) is 16.7. The summed E-state index contributed by atoms with van der Waals surface area (Å²) in [5.74, 6) is 1.65. The molecule has 208 valence electrons. The standard InChI is InChI=1S/C32H56O4/c1-11-22(3)25(6)30-26(35-30)20-31(7,8)17-12-13-23(4)29-24(5)14-15-27(33)32(9,10)18-16-21(2)19-28(34)36-29/h12-15,17,21-22,24-30,33-34H,11,16,18-20H2,1-10H3/b15-14+,17-12+,23-13+. The van der Waals surface area contributed by atoms with E-state index >= 15 is 0 Å². The van der Waals surface area contributed by atoms with E-state index in [9.17, 15) is 10.2 Å². The summed E-state index contributed by atoms with van der Waals surface area (Å²) >= 11 is 0. The second-order valence-corrected chi connectivity index (χ2v) is 13.4. The first-order valence-electron chi connectivity index (χ1n) is 14.4. The fourth-order valence-electron chi connectivity index (χ4n) is 5.36. The minimum atomic E-state index is -0.798. The Morgan fingerprint density at radius 1 is 1.14 bits per heavy atom. The average molecular weight is 505 g/mol. The Balaban J connectivity index is 2.09. The van der Waals surface area contributed by atoms with Crippen LogP contribution in [-0.2, 0) is 9.47 Å². The van der Waals surface area contributed by atoms with Gasteiger partial charge in [-0.15, -0.1) is 0 Å². The maximum atomic E-state index is 10.8. The molecule has 9 unspecified atom stereocenters. The van der Waals surface area contributed by atoms with Gasteiger partial charge in [0.1, 0.15) is 0 Å². The Hall–Kier alpha value is -0.940. The van der Waals surface area contributed by atoms with Gasteiger partial charge < -0.3 is 19.7 Å². The molecule has 4 heteroatoms. The number of allylic oxidation sites excluding steroid dienone is 3. The lowest BCUT2D eigenvalue weighted by Gasteiger charge is -2.33. The Bertz CT molecular complexity index is 764. The highest BCUT2D eigenvalue weighted by molar-refractivity contribution is 5.19. The second-order valence-electron chi connectivity index (χ2n) is 13.4. The van der Waals surface area contributed by atoms with E-state index in [1.165, 1.54) is 6.42 Å². The van der Waals surface area contributed by atoms with Gasteiger partial charge in [0, 0.05) is 12.3 Å². The van der Waals surface area contributed by atoms with Crippen molar-refractivity contribution in [2.45, 2.75) is 132 Å². The van der Waals surface area contributed by atoms with Gasteiger partial charge in [-0.3, -0.25) is 0 Å². The maximum absolute atomic E-state index is 10.8. The van der Waals surface area contributed by atoms with E-state index in [2.05, 4.69) is 87.5 Å². The van der Waals surface area contributed by atoms with E-state index in [1.54, 1.807) is 0 Å². The van der Waals surface area contributed by atoms with Crippen molar-refractivity contribution in [2.75, 3.05) is 0 Å². The monoisotopic (exact) mass is 504 g/mol. The van der Waals surface area contributed by atoms with Gasteiger partial charge in [0.15, 0.2) is 6.29 Å². The van der Waals surface area contributed by atoms with Crippen LogP contribution in [0.2, 0.25) is 0 Å². The van der Waals surface area contributed by atoms with Crippen LogP contribution in [-0.4, -0.2) is 40.9 Å². The Morgan fingerprint density at radius 3 is 2.44 bits per heavy atom. The van der Waals surface area contributed by atoms with Crippen molar-refractivity contribution in [3.63, 3.8) is 0 Å². The molecule has 36 heavy (non-hydrogen) atoms. The van der Waals surface area contributed by atoms with Crippen LogP contribution in [0, 0.1) is 34.5 Å². The molecule has 0 aromatic rings. The van der Waals surface area contributed by atoms with Gasteiger partial charge >= 0.3 is 0 Å². The highest BCUT2D eigenvalue weighted by atomic mass is 16.6. The van der Waals surface area contributed by atoms with Gasteiger partial charge in [0.25, 0.3) is 0 Å². The molecule has 0 radical (unpaired) electrons. The SMILES string of the molecule is CCC(C)C(C)C1OC1CC(C)(C)/C=C/C=C(\C)C1OC(O)CC(C)CCC(C)(C)C(O)/C=C/C1C. The van der Waals surface area contributed by atoms with E-state index in [0.29, 0.717) is 36.4 Å². The summed E-state index contributed by atoms with van der Waals surface area (Å²) in [4.78, 5) is 0. The smallest absolute Gasteiger partial charge is 0.155 e. The van der Waals surface area contributed by atoms with Gasteiger partial charge in [-0.05, 0) is 60.3 Å². The lowest BCUT2D eigenvalue weighted by molar-refractivity contribution is -0.143. The number of epoxide rings is 1. The van der Waals surface area contributed by atoms with Crippen LogP contribution in [0.5, 0.6) is 0 Å². The highest BCUT2D eigenvalue weighted by Crippen LogP contribution is 2.41. The highest BCUT2D eigenvalue weighted by Gasteiger charge is 2.46. The summed E-state index contributed by atoms with van der Waals surface area (Å²) in [6.45, 7) is 22.0. The van der Waals surface area contributed by atoms with Crippen LogP contribution in [0.25, 0.3) is 0 Å². The summed E-state index contributed by atoms with van der Waals surface area (Å²) < 4.78 is 12.2. The first-order valence-corrected chi connectivity index (χ1v) is 14.4. The van der Waals surface area contributed by atoms with Gasteiger partial charge in [0.2, 0.25) is 0 Å². The van der Waals surface area contributed by atoms with Crippen molar-refractivity contribution in [3.05, 3.63) is 36.0 Å². The number of hydrogen-bond donors (Lipinski definition) is 2. The van der Waals surface area contributed by atoms with Crippen LogP contribution in [0.15, 0.2) is 36.0 Å². The van der Waals surface area contributed by atoms with Crippen molar-refractivity contribution in [2.24, 2.45) is 34.5 Å². The van der Waals surface area contributed by atoms with Crippen LogP contribution in [0.1, 0.15) is 101 Å². The molecule has 4 nitrogen and oxygen atoms in total. The van der Waals surface area contributed by atoms with Crippen molar-refractivity contribution in [1.29, 1.82) is 0 Å². The molecule has 0 aliphatic carbocycles. The topological polar surface area (TPSA) is 62.2 Å². The molecule has 0 bridgehead atoms. The van der Waals surface area contributed by atoms with Gasteiger partial charge in [-0.1, -0.05) is 99.1 Å². The molecule has 0 amide bonds. The van der Waals surface area contributed by atoms with E-state index in [0.717, 1.165) is 24.8 Å². The van der Waals surface area contributed by atoms with E-state index in [4.69, 9.17) is 9.47 Å². The molecule has 0 aromatic heterocycles. The molecular weight excluding hydrogens is 448 g/mol. The summed E-state index contributed by atoms with van der Waals surface area (Å²) in [5.41, 5.74) is 0.915. The molecule has 0 saturated carbocycles. The summed E-state index contributed by atoms with van der Waals surface area (Å²) in [6, 6.07) is 0. The largest absolute Gasteiger partial charge is 0.388 e. The van der Waals surface area contributed by atoms with Gasteiger partial charge in [-0.25, -0.2) is 0 Å². The second kappa shape index (κ2) is 13.2. The minimum absolute atomic E-state index is 0.0279. The van der Waals surface area contributed by atoms with E-state index in [1.807, 2.05) is 12.2 Å². The van der Waals surface area contributed by atoms with Crippen molar-refractivity contribution in [1.82, 2.24) is 0 Å². The fourth-order valence-corrected chi connectivity index (χ4v) is 5.36. The number of hydrogen-bond acceptors (Lipinski definition) is 4.